The lowest BCUT2D eigenvalue weighted by Crippen LogP contribution is -2.49. The van der Waals surface area contributed by atoms with E-state index < -0.39 is 16.3 Å². The van der Waals surface area contributed by atoms with Gasteiger partial charge in [0.25, 0.3) is 0 Å². The SMILES string of the molecule is CC(C)OC(=O)NS(=O)(=O)N1CCCC(CN)C1. The maximum absolute atomic E-state index is 11.9. The first-order chi connectivity index (χ1) is 8.35. The zero-order valence-corrected chi connectivity index (χ0v) is 11.6. The van der Waals surface area contributed by atoms with E-state index in [0.29, 0.717) is 19.6 Å². The van der Waals surface area contributed by atoms with E-state index in [1.54, 1.807) is 13.8 Å². The Kier molecular flexibility index (Phi) is 5.36. The molecule has 0 aromatic carbocycles. The van der Waals surface area contributed by atoms with Crippen molar-refractivity contribution in [3.63, 3.8) is 0 Å². The minimum atomic E-state index is -3.82. The van der Waals surface area contributed by atoms with Crippen LogP contribution in [0.1, 0.15) is 26.7 Å². The third kappa shape index (κ3) is 4.43. The Morgan fingerprint density at radius 3 is 2.78 bits per heavy atom. The lowest BCUT2D eigenvalue weighted by molar-refractivity contribution is 0.120. The fourth-order valence-electron chi connectivity index (χ4n) is 1.85. The Balaban J connectivity index is 2.60. The van der Waals surface area contributed by atoms with E-state index in [9.17, 15) is 13.2 Å². The highest BCUT2D eigenvalue weighted by atomic mass is 32.2. The Bertz CT molecular complexity index is 383. The second kappa shape index (κ2) is 6.35. The van der Waals surface area contributed by atoms with Crippen molar-refractivity contribution in [1.82, 2.24) is 9.03 Å². The van der Waals surface area contributed by atoms with Crippen LogP contribution in [0.25, 0.3) is 0 Å². The van der Waals surface area contributed by atoms with Gasteiger partial charge in [-0.15, -0.1) is 0 Å². The molecule has 0 bridgehead atoms. The summed E-state index contributed by atoms with van der Waals surface area (Å²) in [4.78, 5) is 11.3. The van der Waals surface area contributed by atoms with Crippen molar-refractivity contribution in [2.75, 3.05) is 19.6 Å². The monoisotopic (exact) mass is 279 g/mol. The fourth-order valence-corrected chi connectivity index (χ4v) is 3.01. The fraction of sp³-hybridized carbons (Fsp3) is 0.900. The van der Waals surface area contributed by atoms with Crippen LogP contribution in [0.4, 0.5) is 4.79 Å². The number of nitrogens with two attached hydrogens (primary N) is 1. The molecule has 1 rings (SSSR count). The topological polar surface area (TPSA) is 102 Å². The van der Waals surface area contributed by atoms with E-state index in [0.717, 1.165) is 12.8 Å². The molecule has 1 amide bonds. The predicted octanol–water partition coefficient (Wildman–Crippen LogP) is 0.0365. The van der Waals surface area contributed by atoms with Gasteiger partial charge in [-0.2, -0.15) is 12.7 Å². The molecule has 0 spiro atoms. The third-order valence-electron chi connectivity index (χ3n) is 2.71. The highest BCUT2D eigenvalue weighted by molar-refractivity contribution is 7.87. The van der Waals surface area contributed by atoms with E-state index in [2.05, 4.69) is 0 Å². The number of amides is 1. The minimum Gasteiger partial charge on any atom is -0.446 e. The molecule has 1 aliphatic heterocycles. The molecule has 1 aliphatic rings. The Morgan fingerprint density at radius 1 is 1.56 bits per heavy atom. The molecule has 7 nitrogen and oxygen atoms in total. The van der Waals surface area contributed by atoms with Crippen LogP contribution in [0.2, 0.25) is 0 Å². The maximum atomic E-state index is 11.9. The van der Waals surface area contributed by atoms with E-state index >= 15 is 0 Å². The summed E-state index contributed by atoms with van der Waals surface area (Å²) >= 11 is 0. The number of carbonyl (C=O) groups excluding carboxylic acids is 1. The lowest BCUT2D eigenvalue weighted by Gasteiger charge is -2.30. The molecule has 106 valence electrons. The van der Waals surface area contributed by atoms with Gasteiger partial charge in [0.1, 0.15) is 0 Å². The standard InChI is InChI=1S/C10H21N3O4S/c1-8(2)17-10(14)12-18(15,16)13-5-3-4-9(6-11)7-13/h8-9H,3-7,11H2,1-2H3,(H,12,14). The molecule has 8 heteroatoms. The first-order valence-electron chi connectivity index (χ1n) is 6.03. The number of carbonyl (C=O) groups is 1. The van der Waals surface area contributed by atoms with Crippen LogP contribution < -0.4 is 10.5 Å². The molecule has 1 fully saturated rings. The normalized spacial score (nSPS) is 21.9. The summed E-state index contributed by atoms with van der Waals surface area (Å²) in [6.45, 7) is 4.50. The molecule has 18 heavy (non-hydrogen) atoms. The van der Waals surface area contributed by atoms with Crippen molar-refractivity contribution in [3.05, 3.63) is 0 Å². The summed E-state index contributed by atoms with van der Waals surface area (Å²) in [5, 5.41) is 0. The molecular formula is C10H21N3O4S. The summed E-state index contributed by atoms with van der Waals surface area (Å²) in [6.07, 6.45) is 0.360. The van der Waals surface area contributed by atoms with Gasteiger partial charge in [-0.3, -0.25) is 0 Å². The van der Waals surface area contributed by atoms with Gasteiger partial charge in [-0.1, -0.05) is 0 Å². The second-order valence-electron chi connectivity index (χ2n) is 4.66. The Morgan fingerprint density at radius 2 is 2.22 bits per heavy atom. The predicted molar refractivity (Wildman–Crippen MR) is 67.0 cm³/mol. The molecule has 1 unspecified atom stereocenters. The van der Waals surface area contributed by atoms with E-state index in [1.807, 2.05) is 4.72 Å². The van der Waals surface area contributed by atoms with Crippen molar-refractivity contribution in [1.29, 1.82) is 0 Å². The number of rotatable bonds is 4. The van der Waals surface area contributed by atoms with Crippen LogP contribution in [0.5, 0.6) is 0 Å². The molecule has 1 atom stereocenters. The first kappa shape index (κ1) is 15.2. The summed E-state index contributed by atoms with van der Waals surface area (Å²) in [6, 6.07) is 0. The van der Waals surface area contributed by atoms with Crippen LogP contribution in [0.15, 0.2) is 0 Å². The number of nitrogens with zero attached hydrogens (tertiary/aromatic N) is 1. The number of hydrogen-bond acceptors (Lipinski definition) is 5. The van der Waals surface area contributed by atoms with E-state index in [4.69, 9.17) is 10.5 Å². The zero-order valence-electron chi connectivity index (χ0n) is 10.8. The average molecular weight is 279 g/mol. The van der Waals surface area contributed by atoms with Crippen LogP contribution in [0.3, 0.4) is 0 Å². The van der Waals surface area contributed by atoms with Crippen molar-refractivity contribution in [2.45, 2.75) is 32.8 Å². The Labute approximate surface area is 108 Å². The molecule has 0 aliphatic carbocycles. The summed E-state index contributed by atoms with van der Waals surface area (Å²) in [7, 11) is -3.82. The summed E-state index contributed by atoms with van der Waals surface area (Å²) in [5.74, 6) is 0.149. The first-order valence-corrected chi connectivity index (χ1v) is 7.47. The van der Waals surface area contributed by atoms with Gasteiger partial charge in [0.15, 0.2) is 0 Å². The third-order valence-corrected chi connectivity index (χ3v) is 4.15. The van der Waals surface area contributed by atoms with Crippen LogP contribution >= 0.6 is 0 Å². The quantitative estimate of drug-likeness (QED) is 0.756. The molecule has 3 N–H and O–H groups in total. The van der Waals surface area contributed by atoms with Gasteiger partial charge in [0.2, 0.25) is 0 Å². The molecule has 1 heterocycles. The molecular weight excluding hydrogens is 258 g/mol. The average Bonchev–Trinajstić information content (AvgIpc) is 2.27. The van der Waals surface area contributed by atoms with Crippen LogP contribution in [-0.2, 0) is 14.9 Å². The summed E-state index contributed by atoms with van der Waals surface area (Å²) in [5.41, 5.74) is 5.54. The van der Waals surface area contributed by atoms with Crippen molar-refractivity contribution in [2.24, 2.45) is 11.7 Å². The molecule has 0 aromatic rings. The zero-order chi connectivity index (χ0) is 13.8. The highest BCUT2D eigenvalue weighted by Crippen LogP contribution is 2.17. The van der Waals surface area contributed by atoms with Crippen LogP contribution in [0, 0.1) is 5.92 Å². The van der Waals surface area contributed by atoms with E-state index in [1.165, 1.54) is 4.31 Å². The van der Waals surface area contributed by atoms with Crippen molar-refractivity contribution < 1.29 is 17.9 Å². The highest BCUT2D eigenvalue weighted by Gasteiger charge is 2.30. The lowest BCUT2D eigenvalue weighted by atomic mass is 10.0. The summed E-state index contributed by atoms with van der Waals surface area (Å²) < 4.78 is 31.7. The number of ether oxygens (including phenoxy) is 1. The van der Waals surface area contributed by atoms with Crippen molar-refractivity contribution >= 4 is 16.3 Å². The van der Waals surface area contributed by atoms with Gasteiger partial charge in [-0.25, -0.2) is 9.52 Å². The van der Waals surface area contributed by atoms with Gasteiger partial charge in [0.05, 0.1) is 6.10 Å². The van der Waals surface area contributed by atoms with Crippen molar-refractivity contribution in [3.8, 4) is 0 Å². The van der Waals surface area contributed by atoms with Gasteiger partial charge >= 0.3 is 16.3 Å². The molecule has 0 saturated carbocycles. The molecule has 0 radical (unpaired) electrons. The number of nitrogens with one attached hydrogen (secondary N) is 1. The largest absolute Gasteiger partial charge is 0.446 e. The second-order valence-corrected chi connectivity index (χ2v) is 6.33. The maximum Gasteiger partial charge on any atom is 0.422 e. The molecule has 1 saturated heterocycles. The number of piperidine rings is 1. The van der Waals surface area contributed by atoms with E-state index in [-0.39, 0.29) is 12.0 Å². The minimum absolute atomic E-state index is 0.149. The Hall–Kier alpha value is -0.860. The number of hydrogen-bond donors (Lipinski definition) is 2. The molecule has 0 aromatic heterocycles. The van der Waals surface area contributed by atoms with Gasteiger partial charge in [0, 0.05) is 13.1 Å². The smallest absolute Gasteiger partial charge is 0.422 e. The van der Waals surface area contributed by atoms with Crippen LogP contribution in [-0.4, -0.2) is 44.6 Å². The van der Waals surface area contributed by atoms with Gasteiger partial charge in [-0.05, 0) is 39.2 Å². The van der Waals surface area contributed by atoms with Gasteiger partial charge < -0.3 is 10.5 Å².